The van der Waals surface area contributed by atoms with E-state index < -0.39 is 0 Å². The van der Waals surface area contributed by atoms with Crippen molar-refractivity contribution in [2.75, 3.05) is 18.0 Å². The van der Waals surface area contributed by atoms with Crippen LogP contribution in [0.3, 0.4) is 0 Å². The molecule has 1 aliphatic heterocycles. The topological polar surface area (TPSA) is 7.12 Å². The highest BCUT2D eigenvalue weighted by molar-refractivity contribution is 5.79. The largest absolute Gasteiger partial charge is 0.372 e. The summed E-state index contributed by atoms with van der Waals surface area (Å²) in [7, 11) is 0. The molecule has 1 aromatic heterocycles. The fourth-order valence-electron chi connectivity index (χ4n) is 3.05. The van der Waals surface area contributed by atoms with Crippen LogP contribution in [-0.4, -0.2) is 13.1 Å². The van der Waals surface area contributed by atoms with E-state index in [4.69, 9.17) is 0 Å². The Labute approximate surface area is 127 Å². The minimum absolute atomic E-state index is 1.06. The van der Waals surface area contributed by atoms with Gasteiger partial charge in [-0.3, -0.25) is 0 Å². The van der Waals surface area contributed by atoms with E-state index in [1.54, 1.807) is 0 Å². The Balaban J connectivity index is 1.85. The number of allylic oxidation sites excluding steroid dienone is 1. The molecule has 0 bridgehead atoms. The summed E-state index contributed by atoms with van der Waals surface area (Å²) < 4.78 is 2.33. The molecule has 0 saturated carbocycles. The molecule has 3 rings (SSSR count). The maximum absolute atomic E-state index is 2.37. The van der Waals surface area contributed by atoms with Gasteiger partial charge in [0.1, 0.15) is 0 Å². The molecule has 1 aromatic carbocycles. The monoisotopic (exact) mass is 279 g/mol. The van der Waals surface area contributed by atoms with E-state index >= 15 is 0 Å². The van der Waals surface area contributed by atoms with E-state index in [1.807, 2.05) is 0 Å². The van der Waals surface area contributed by atoms with Gasteiger partial charge in [0.25, 0.3) is 0 Å². The first-order valence-corrected chi connectivity index (χ1v) is 7.86. The van der Waals surface area contributed by atoms with Gasteiger partial charge in [-0.05, 0) is 43.7 Å². The van der Waals surface area contributed by atoms with Crippen molar-refractivity contribution in [1.29, 1.82) is 0 Å². The maximum atomic E-state index is 2.37. The Kier molecular flexibility index (Phi) is 4.05. The number of hydrogen-bond donors (Lipinski definition) is 0. The van der Waals surface area contributed by atoms with Crippen LogP contribution in [0.25, 0.3) is 11.6 Å². The number of aryl methyl sites for hydroxylation is 1. The summed E-state index contributed by atoms with van der Waals surface area (Å²) in [5, 5.41) is 0. The number of rotatable bonds is 4. The first-order chi connectivity index (χ1) is 10.3. The molecule has 2 aromatic rings. The summed E-state index contributed by atoms with van der Waals surface area (Å²) >= 11 is 0. The quantitative estimate of drug-likeness (QED) is 0.773. The molecule has 0 radical (unpaired) electrons. The number of aromatic nitrogens is 1. The first-order valence-electron chi connectivity index (χ1n) is 7.86. The molecule has 0 unspecified atom stereocenters. The van der Waals surface area contributed by atoms with E-state index in [-0.39, 0.29) is 0 Å². The number of anilines is 1. The molecule has 108 valence electrons. The van der Waals surface area contributed by atoms with Gasteiger partial charge in [0.15, 0.2) is 12.7 Å². The van der Waals surface area contributed by atoms with Crippen molar-refractivity contribution in [2.24, 2.45) is 0 Å². The second-order valence-corrected chi connectivity index (χ2v) is 5.46. The molecular weight excluding hydrogens is 256 g/mol. The second kappa shape index (κ2) is 6.13. The lowest BCUT2D eigenvalue weighted by Crippen LogP contribution is -2.31. The molecule has 0 aliphatic carbocycles. The minimum Gasteiger partial charge on any atom is -0.372 e. The van der Waals surface area contributed by atoms with Gasteiger partial charge in [-0.1, -0.05) is 12.1 Å². The highest BCUT2D eigenvalue weighted by atomic mass is 15.1. The van der Waals surface area contributed by atoms with Gasteiger partial charge in [0, 0.05) is 42.9 Å². The second-order valence-electron chi connectivity index (χ2n) is 5.46. The van der Waals surface area contributed by atoms with Crippen molar-refractivity contribution in [1.82, 2.24) is 0 Å². The van der Waals surface area contributed by atoms with Crippen LogP contribution in [-0.2, 0) is 6.54 Å². The third-order valence-corrected chi connectivity index (χ3v) is 4.25. The van der Waals surface area contributed by atoms with Crippen LogP contribution in [0.4, 0.5) is 5.69 Å². The lowest BCUT2D eigenvalue weighted by molar-refractivity contribution is -0.689. The van der Waals surface area contributed by atoms with E-state index in [1.165, 1.54) is 22.5 Å². The van der Waals surface area contributed by atoms with Crippen molar-refractivity contribution < 1.29 is 4.57 Å². The van der Waals surface area contributed by atoms with E-state index in [0.717, 1.165) is 26.1 Å². The Morgan fingerprint density at radius 1 is 1.05 bits per heavy atom. The Morgan fingerprint density at radius 2 is 1.81 bits per heavy atom. The van der Waals surface area contributed by atoms with Gasteiger partial charge >= 0.3 is 0 Å². The summed E-state index contributed by atoms with van der Waals surface area (Å²) in [6.45, 7) is 7.61. The molecule has 2 heterocycles. The molecule has 2 nitrogen and oxygen atoms in total. The summed E-state index contributed by atoms with van der Waals surface area (Å²) in [6.07, 6.45) is 5.62. The van der Waals surface area contributed by atoms with E-state index in [9.17, 15) is 0 Å². The SMILES string of the molecule is CCN(CC)c1ccc(C=C2CC[n+]3ccccc32)cc1. The number of pyridine rings is 1. The molecule has 0 atom stereocenters. The van der Waals surface area contributed by atoms with Crippen LogP contribution in [0, 0.1) is 0 Å². The van der Waals surface area contributed by atoms with Crippen molar-refractivity contribution in [2.45, 2.75) is 26.8 Å². The summed E-state index contributed by atoms with van der Waals surface area (Å²) in [5.74, 6) is 0. The number of hydrogen-bond acceptors (Lipinski definition) is 1. The van der Waals surface area contributed by atoms with Crippen molar-refractivity contribution in [3.05, 3.63) is 59.9 Å². The molecule has 21 heavy (non-hydrogen) atoms. The van der Waals surface area contributed by atoms with Crippen LogP contribution >= 0.6 is 0 Å². The zero-order valence-electron chi connectivity index (χ0n) is 12.9. The smallest absolute Gasteiger partial charge is 0.208 e. The van der Waals surface area contributed by atoms with Gasteiger partial charge < -0.3 is 4.90 Å². The normalized spacial score (nSPS) is 15.2. The fourth-order valence-corrected chi connectivity index (χ4v) is 3.05. The Morgan fingerprint density at radius 3 is 2.52 bits per heavy atom. The van der Waals surface area contributed by atoms with Crippen LogP contribution in [0.15, 0.2) is 48.7 Å². The van der Waals surface area contributed by atoms with Crippen molar-refractivity contribution in [3.63, 3.8) is 0 Å². The van der Waals surface area contributed by atoms with Crippen LogP contribution in [0.1, 0.15) is 31.5 Å². The predicted molar refractivity (Wildman–Crippen MR) is 89.1 cm³/mol. The predicted octanol–water partition coefficient (Wildman–Crippen LogP) is 3.76. The van der Waals surface area contributed by atoms with Gasteiger partial charge in [-0.2, -0.15) is 4.57 Å². The molecule has 0 N–H and O–H groups in total. The third kappa shape index (κ3) is 2.85. The van der Waals surface area contributed by atoms with Crippen LogP contribution < -0.4 is 9.47 Å². The van der Waals surface area contributed by atoms with Gasteiger partial charge in [-0.25, -0.2) is 0 Å². The zero-order chi connectivity index (χ0) is 14.7. The van der Waals surface area contributed by atoms with Gasteiger partial charge in [-0.15, -0.1) is 0 Å². The van der Waals surface area contributed by atoms with Crippen molar-refractivity contribution in [3.8, 4) is 0 Å². The summed E-state index contributed by atoms with van der Waals surface area (Å²) in [4.78, 5) is 2.37. The Hall–Kier alpha value is -2.09. The first kappa shape index (κ1) is 13.9. The van der Waals surface area contributed by atoms with Gasteiger partial charge in [0.05, 0.1) is 0 Å². The third-order valence-electron chi connectivity index (χ3n) is 4.25. The molecule has 1 aliphatic rings. The van der Waals surface area contributed by atoms with Crippen molar-refractivity contribution >= 4 is 17.3 Å². The zero-order valence-corrected chi connectivity index (χ0v) is 12.9. The summed E-state index contributed by atoms with van der Waals surface area (Å²) in [6, 6.07) is 15.3. The highest BCUT2D eigenvalue weighted by Crippen LogP contribution is 2.24. The summed E-state index contributed by atoms with van der Waals surface area (Å²) in [5.41, 5.74) is 5.39. The maximum Gasteiger partial charge on any atom is 0.208 e. The molecule has 0 amide bonds. The molecule has 2 heteroatoms. The van der Waals surface area contributed by atoms with Gasteiger partial charge in [0.2, 0.25) is 5.69 Å². The van der Waals surface area contributed by atoms with Crippen LogP contribution in [0.5, 0.6) is 0 Å². The molecule has 0 spiro atoms. The number of fused-ring (bicyclic) bond motifs is 1. The average Bonchev–Trinajstić information content (AvgIpc) is 2.93. The fraction of sp³-hybridized carbons (Fsp3) is 0.316. The number of nitrogens with zero attached hydrogens (tertiary/aromatic N) is 2. The lowest BCUT2D eigenvalue weighted by atomic mass is 10.1. The molecular formula is C19H23N2+. The van der Waals surface area contributed by atoms with E-state index in [2.05, 4.69) is 78.1 Å². The van der Waals surface area contributed by atoms with E-state index in [0.29, 0.717) is 0 Å². The lowest BCUT2D eigenvalue weighted by Gasteiger charge is -2.20. The minimum atomic E-state index is 1.06. The average molecular weight is 279 g/mol. The Bertz CT molecular complexity index is 637. The number of benzene rings is 1. The van der Waals surface area contributed by atoms with Crippen LogP contribution in [0.2, 0.25) is 0 Å². The highest BCUT2D eigenvalue weighted by Gasteiger charge is 2.22. The standard InChI is InChI=1S/C19H23N2/c1-3-20(4-2)18-10-8-16(9-11-18)15-17-12-14-21-13-6-5-7-19(17)21/h5-11,13,15H,3-4,12,14H2,1-2H3/q+1. The molecule has 0 saturated heterocycles. The molecule has 0 fully saturated rings.